The fourth-order valence-corrected chi connectivity index (χ4v) is 3.36. The van der Waals surface area contributed by atoms with E-state index in [0.29, 0.717) is 39.4 Å². The topological polar surface area (TPSA) is 64.4 Å². The van der Waals surface area contributed by atoms with Crippen LogP contribution in [0.25, 0.3) is 22.6 Å². The molecular weight excluding hydrogens is 412 g/mol. The third kappa shape index (κ3) is 5.06. The van der Waals surface area contributed by atoms with E-state index >= 15 is 0 Å². The minimum Gasteiger partial charge on any atom is -0.484 e. The van der Waals surface area contributed by atoms with Crippen molar-refractivity contribution >= 4 is 34.3 Å². The van der Waals surface area contributed by atoms with Gasteiger partial charge in [0.2, 0.25) is 5.89 Å². The Bertz CT molecular complexity index is 1180. The van der Waals surface area contributed by atoms with E-state index in [4.69, 9.17) is 20.8 Å². The van der Waals surface area contributed by atoms with E-state index in [1.165, 1.54) is 5.56 Å². The average molecular weight is 435 g/mol. The van der Waals surface area contributed by atoms with Crippen LogP contribution in [0.15, 0.2) is 71.1 Å². The molecule has 0 aliphatic heterocycles. The highest BCUT2D eigenvalue weighted by atomic mass is 35.5. The van der Waals surface area contributed by atoms with Gasteiger partial charge in [-0.2, -0.15) is 0 Å². The number of fused-ring (bicyclic) bond motifs is 1. The Balaban J connectivity index is 1.34. The molecule has 0 fully saturated rings. The number of oxazole rings is 1. The van der Waals surface area contributed by atoms with Crippen molar-refractivity contribution in [3.05, 3.63) is 77.3 Å². The first kappa shape index (κ1) is 20.9. The van der Waals surface area contributed by atoms with E-state index in [1.54, 1.807) is 30.3 Å². The van der Waals surface area contributed by atoms with Crippen LogP contribution >= 0.6 is 11.6 Å². The number of hydrogen-bond acceptors (Lipinski definition) is 4. The second kappa shape index (κ2) is 9.23. The number of rotatable bonds is 7. The van der Waals surface area contributed by atoms with Crippen molar-refractivity contribution < 1.29 is 13.9 Å². The largest absolute Gasteiger partial charge is 0.484 e. The molecule has 158 valence electrons. The lowest BCUT2D eigenvalue weighted by atomic mass is 9.99. The second-order valence-corrected chi connectivity index (χ2v) is 7.86. The summed E-state index contributed by atoms with van der Waals surface area (Å²) in [5.74, 6) is 1.45. The molecule has 0 spiro atoms. The van der Waals surface area contributed by atoms with Gasteiger partial charge in [0, 0.05) is 16.3 Å². The van der Waals surface area contributed by atoms with Gasteiger partial charge in [-0.1, -0.05) is 37.6 Å². The lowest BCUT2D eigenvalue weighted by Crippen LogP contribution is -2.20. The standard InChI is InChI=1S/C25H23ClN2O3/c1-3-16(2)17-6-11-21(12-7-17)30-15-24(29)27-20-9-4-18(5-10-20)25-28-22-14-19(26)8-13-23(22)31-25/h4-14,16H,3,15H2,1-2H3,(H,27,29). The molecule has 0 saturated carbocycles. The van der Waals surface area contributed by atoms with Crippen LogP contribution in [0, 0.1) is 0 Å². The van der Waals surface area contributed by atoms with Crippen molar-refractivity contribution in [2.24, 2.45) is 0 Å². The molecule has 4 aromatic rings. The summed E-state index contributed by atoms with van der Waals surface area (Å²) < 4.78 is 11.4. The highest BCUT2D eigenvalue weighted by Gasteiger charge is 2.10. The number of hydrogen-bond donors (Lipinski definition) is 1. The van der Waals surface area contributed by atoms with Crippen LogP contribution in [0.5, 0.6) is 5.75 Å². The van der Waals surface area contributed by atoms with E-state index in [9.17, 15) is 4.79 Å². The van der Waals surface area contributed by atoms with Gasteiger partial charge in [0.25, 0.3) is 5.91 Å². The average Bonchev–Trinajstić information content (AvgIpc) is 3.21. The third-order valence-electron chi connectivity index (χ3n) is 5.20. The van der Waals surface area contributed by atoms with Gasteiger partial charge in [-0.25, -0.2) is 4.98 Å². The molecule has 0 bridgehead atoms. The minimum atomic E-state index is -0.227. The predicted octanol–water partition coefficient (Wildman–Crippen LogP) is 6.68. The van der Waals surface area contributed by atoms with Gasteiger partial charge < -0.3 is 14.5 Å². The normalized spacial score (nSPS) is 12.0. The molecule has 0 radical (unpaired) electrons. The van der Waals surface area contributed by atoms with Crippen molar-refractivity contribution in [1.29, 1.82) is 0 Å². The summed E-state index contributed by atoms with van der Waals surface area (Å²) in [5.41, 5.74) is 4.12. The highest BCUT2D eigenvalue weighted by molar-refractivity contribution is 6.31. The van der Waals surface area contributed by atoms with Gasteiger partial charge in [0.15, 0.2) is 12.2 Å². The Labute approximate surface area is 186 Å². The van der Waals surface area contributed by atoms with Gasteiger partial charge in [-0.05, 0) is 72.5 Å². The third-order valence-corrected chi connectivity index (χ3v) is 5.43. The molecule has 6 heteroatoms. The molecule has 4 rings (SSSR count). The molecule has 1 aromatic heterocycles. The van der Waals surface area contributed by atoms with Crippen LogP contribution in [-0.2, 0) is 4.79 Å². The summed E-state index contributed by atoms with van der Waals surface area (Å²) in [6.45, 7) is 4.29. The monoisotopic (exact) mass is 434 g/mol. The Kier molecular flexibility index (Phi) is 6.23. The Morgan fingerprint density at radius 3 is 2.55 bits per heavy atom. The first-order valence-electron chi connectivity index (χ1n) is 10.2. The number of ether oxygens (including phenoxy) is 1. The molecule has 1 atom stereocenters. The van der Waals surface area contributed by atoms with Crippen LogP contribution in [0.3, 0.4) is 0 Å². The van der Waals surface area contributed by atoms with E-state index in [-0.39, 0.29) is 12.5 Å². The Morgan fingerprint density at radius 1 is 1.10 bits per heavy atom. The number of halogens is 1. The second-order valence-electron chi connectivity index (χ2n) is 7.42. The number of benzene rings is 3. The van der Waals surface area contributed by atoms with Crippen LogP contribution < -0.4 is 10.1 Å². The smallest absolute Gasteiger partial charge is 0.262 e. The van der Waals surface area contributed by atoms with Gasteiger partial charge in [0.1, 0.15) is 11.3 Å². The number of aromatic nitrogens is 1. The molecule has 31 heavy (non-hydrogen) atoms. The first-order valence-corrected chi connectivity index (χ1v) is 10.6. The Hall–Kier alpha value is -3.31. The number of carbonyl (C=O) groups is 1. The molecule has 1 heterocycles. The van der Waals surface area contributed by atoms with Crippen molar-refractivity contribution in [2.75, 3.05) is 11.9 Å². The lowest BCUT2D eigenvalue weighted by molar-refractivity contribution is -0.118. The maximum Gasteiger partial charge on any atom is 0.262 e. The van der Waals surface area contributed by atoms with E-state index < -0.39 is 0 Å². The molecule has 1 N–H and O–H groups in total. The number of amides is 1. The fourth-order valence-electron chi connectivity index (χ4n) is 3.19. The number of carbonyl (C=O) groups excluding carboxylic acids is 1. The summed E-state index contributed by atoms with van der Waals surface area (Å²) in [6, 6.07) is 20.5. The van der Waals surface area contributed by atoms with Gasteiger partial charge in [-0.15, -0.1) is 0 Å². The summed E-state index contributed by atoms with van der Waals surface area (Å²) in [4.78, 5) is 16.7. The van der Waals surface area contributed by atoms with Gasteiger partial charge in [0.05, 0.1) is 0 Å². The van der Waals surface area contributed by atoms with Crippen LogP contribution in [0.1, 0.15) is 31.7 Å². The molecule has 0 aliphatic rings. The van der Waals surface area contributed by atoms with E-state index in [2.05, 4.69) is 24.1 Å². The zero-order chi connectivity index (χ0) is 21.8. The number of nitrogens with one attached hydrogen (secondary N) is 1. The quantitative estimate of drug-likeness (QED) is 0.352. The molecule has 0 aliphatic carbocycles. The fraction of sp³-hybridized carbons (Fsp3) is 0.200. The SMILES string of the molecule is CCC(C)c1ccc(OCC(=O)Nc2ccc(-c3nc4cc(Cl)ccc4o3)cc2)cc1. The molecule has 5 nitrogen and oxygen atoms in total. The zero-order valence-corrected chi connectivity index (χ0v) is 18.1. The van der Waals surface area contributed by atoms with Crippen LogP contribution in [0.2, 0.25) is 5.02 Å². The molecule has 1 unspecified atom stereocenters. The molecular formula is C25H23ClN2O3. The van der Waals surface area contributed by atoms with Gasteiger partial charge >= 0.3 is 0 Å². The zero-order valence-electron chi connectivity index (χ0n) is 17.4. The van der Waals surface area contributed by atoms with Crippen molar-refractivity contribution in [2.45, 2.75) is 26.2 Å². The van der Waals surface area contributed by atoms with Crippen molar-refractivity contribution in [1.82, 2.24) is 4.98 Å². The first-order chi connectivity index (χ1) is 15.0. The van der Waals surface area contributed by atoms with Crippen molar-refractivity contribution in [3.63, 3.8) is 0 Å². The van der Waals surface area contributed by atoms with Crippen molar-refractivity contribution in [3.8, 4) is 17.2 Å². The molecule has 3 aromatic carbocycles. The molecule has 1 amide bonds. The van der Waals surface area contributed by atoms with E-state index in [1.807, 2.05) is 36.4 Å². The minimum absolute atomic E-state index is 0.0592. The van der Waals surface area contributed by atoms with E-state index in [0.717, 1.165) is 12.0 Å². The van der Waals surface area contributed by atoms with Gasteiger partial charge in [-0.3, -0.25) is 4.79 Å². The Morgan fingerprint density at radius 2 is 1.84 bits per heavy atom. The lowest BCUT2D eigenvalue weighted by Gasteiger charge is -2.11. The summed E-state index contributed by atoms with van der Waals surface area (Å²) in [7, 11) is 0. The summed E-state index contributed by atoms with van der Waals surface area (Å²) in [5, 5.41) is 3.44. The van der Waals surface area contributed by atoms with Crippen LogP contribution in [-0.4, -0.2) is 17.5 Å². The molecule has 0 saturated heterocycles. The maximum atomic E-state index is 12.2. The maximum absolute atomic E-state index is 12.2. The summed E-state index contributed by atoms with van der Waals surface area (Å²) in [6.07, 6.45) is 1.09. The predicted molar refractivity (Wildman–Crippen MR) is 124 cm³/mol. The summed E-state index contributed by atoms with van der Waals surface area (Å²) >= 11 is 6.00. The van der Waals surface area contributed by atoms with Crippen LogP contribution in [0.4, 0.5) is 5.69 Å². The number of nitrogens with zero attached hydrogens (tertiary/aromatic N) is 1. The highest BCUT2D eigenvalue weighted by Crippen LogP contribution is 2.27. The number of anilines is 1.